The standard InChI is InChI=1S/C30H40N4O3/c1-35-28-22-24-8-13-30(32-27(24)23-29(28)36-21-7-20-34-17-4-5-18-34)37-26-11-9-25(10-12-26)31-14-6-19-33-15-2-3-16-33/h8-13,22-23,31H,2-7,14-21H2,1H3. The van der Waals surface area contributed by atoms with E-state index < -0.39 is 0 Å². The maximum absolute atomic E-state index is 6.09. The van der Waals surface area contributed by atoms with E-state index in [1.807, 2.05) is 36.4 Å². The summed E-state index contributed by atoms with van der Waals surface area (Å²) < 4.78 is 17.7. The van der Waals surface area contributed by atoms with Crippen molar-refractivity contribution in [3.8, 4) is 23.1 Å². The highest BCUT2D eigenvalue weighted by molar-refractivity contribution is 5.83. The fourth-order valence-corrected chi connectivity index (χ4v) is 5.22. The van der Waals surface area contributed by atoms with Gasteiger partial charge in [0.1, 0.15) is 5.75 Å². The average molecular weight is 505 g/mol. The minimum absolute atomic E-state index is 0.559. The zero-order chi connectivity index (χ0) is 25.3. The van der Waals surface area contributed by atoms with E-state index in [4.69, 9.17) is 19.2 Å². The Bertz CT molecular complexity index is 1130. The van der Waals surface area contributed by atoms with Gasteiger partial charge in [-0.3, -0.25) is 0 Å². The summed E-state index contributed by atoms with van der Waals surface area (Å²) in [6.07, 6.45) is 7.49. The predicted molar refractivity (Wildman–Crippen MR) is 149 cm³/mol. The topological polar surface area (TPSA) is 59.1 Å². The number of fused-ring (bicyclic) bond motifs is 1. The Morgan fingerprint density at radius 1 is 0.811 bits per heavy atom. The monoisotopic (exact) mass is 504 g/mol. The maximum atomic E-state index is 6.09. The molecule has 198 valence electrons. The number of rotatable bonds is 13. The van der Waals surface area contributed by atoms with E-state index >= 15 is 0 Å². The Labute approximate surface area is 220 Å². The van der Waals surface area contributed by atoms with Crippen LogP contribution in [0.5, 0.6) is 23.1 Å². The predicted octanol–water partition coefficient (Wildman–Crippen LogP) is 5.80. The zero-order valence-electron chi connectivity index (χ0n) is 22.1. The van der Waals surface area contributed by atoms with Crippen molar-refractivity contribution in [2.75, 3.05) is 64.8 Å². The van der Waals surface area contributed by atoms with Crippen molar-refractivity contribution < 1.29 is 14.2 Å². The Kier molecular flexibility index (Phi) is 8.98. The fraction of sp³-hybridized carbons (Fsp3) is 0.500. The van der Waals surface area contributed by atoms with Crippen molar-refractivity contribution in [2.45, 2.75) is 38.5 Å². The molecule has 37 heavy (non-hydrogen) atoms. The van der Waals surface area contributed by atoms with Gasteiger partial charge in [-0.25, -0.2) is 4.98 Å². The number of nitrogens with one attached hydrogen (secondary N) is 1. The van der Waals surface area contributed by atoms with Gasteiger partial charge in [-0.15, -0.1) is 0 Å². The Morgan fingerprint density at radius 2 is 1.51 bits per heavy atom. The second kappa shape index (κ2) is 13.0. The molecular formula is C30H40N4O3. The van der Waals surface area contributed by atoms with Gasteiger partial charge >= 0.3 is 0 Å². The Morgan fingerprint density at radius 3 is 2.22 bits per heavy atom. The van der Waals surface area contributed by atoms with E-state index in [-0.39, 0.29) is 0 Å². The molecule has 2 aliphatic heterocycles. The van der Waals surface area contributed by atoms with Crippen LogP contribution in [-0.4, -0.2) is 74.3 Å². The number of ether oxygens (including phenoxy) is 3. The molecule has 1 aromatic heterocycles. The van der Waals surface area contributed by atoms with Crippen LogP contribution in [0.2, 0.25) is 0 Å². The van der Waals surface area contributed by atoms with Gasteiger partial charge in [-0.05, 0) is 108 Å². The number of benzene rings is 2. The van der Waals surface area contributed by atoms with Crippen molar-refractivity contribution in [3.05, 3.63) is 48.5 Å². The van der Waals surface area contributed by atoms with Crippen molar-refractivity contribution in [2.24, 2.45) is 0 Å². The minimum Gasteiger partial charge on any atom is -0.493 e. The van der Waals surface area contributed by atoms with Crippen LogP contribution in [0, 0.1) is 0 Å². The first-order valence-electron chi connectivity index (χ1n) is 13.8. The summed E-state index contributed by atoms with van der Waals surface area (Å²) in [4.78, 5) is 9.79. The minimum atomic E-state index is 0.559. The lowest BCUT2D eigenvalue weighted by atomic mass is 10.2. The molecule has 0 spiro atoms. The van der Waals surface area contributed by atoms with Crippen molar-refractivity contribution >= 4 is 16.6 Å². The van der Waals surface area contributed by atoms with Gasteiger partial charge in [-0.1, -0.05) is 0 Å². The van der Waals surface area contributed by atoms with E-state index in [1.54, 1.807) is 7.11 Å². The van der Waals surface area contributed by atoms with Crippen LogP contribution in [-0.2, 0) is 0 Å². The zero-order valence-corrected chi connectivity index (χ0v) is 22.1. The molecule has 2 aromatic carbocycles. The average Bonchev–Trinajstić information content (AvgIpc) is 3.64. The summed E-state index contributed by atoms with van der Waals surface area (Å²) in [5, 5.41) is 4.50. The number of hydrogen-bond acceptors (Lipinski definition) is 7. The molecule has 3 heterocycles. The quantitative estimate of drug-likeness (QED) is 0.295. The van der Waals surface area contributed by atoms with Gasteiger partial charge in [0, 0.05) is 36.3 Å². The second-order valence-corrected chi connectivity index (χ2v) is 10.1. The van der Waals surface area contributed by atoms with Gasteiger partial charge in [-0.2, -0.15) is 0 Å². The molecular weight excluding hydrogens is 464 g/mol. The van der Waals surface area contributed by atoms with Gasteiger partial charge in [0.2, 0.25) is 5.88 Å². The smallest absolute Gasteiger partial charge is 0.219 e. The van der Waals surface area contributed by atoms with Gasteiger partial charge in [0.15, 0.2) is 11.5 Å². The van der Waals surface area contributed by atoms with Crippen LogP contribution in [0.15, 0.2) is 48.5 Å². The molecule has 0 amide bonds. The summed E-state index contributed by atoms with van der Waals surface area (Å²) in [6, 6.07) is 15.9. The second-order valence-electron chi connectivity index (χ2n) is 10.1. The fourth-order valence-electron chi connectivity index (χ4n) is 5.22. The summed E-state index contributed by atoms with van der Waals surface area (Å²) >= 11 is 0. The van der Waals surface area contributed by atoms with E-state index in [0.29, 0.717) is 12.5 Å². The molecule has 2 aliphatic rings. The number of hydrogen-bond donors (Lipinski definition) is 1. The highest BCUT2D eigenvalue weighted by atomic mass is 16.5. The van der Waals surface area contributed by atoms with Crippen LogP contribution in [0.1, 0.15) is 38.5 Å². The third-order valence-electron chi connectivity index (χ3n) is 7.28. The molecule has 5 rings (SSSR count). The molecule has 0 unspecified atom stereocenters. The third-order valence-corrected chi connectivity index (χ3v) is 7.28. The largest absolute Gasteiger partial charge is 0.493 e. The number of pyridine rings is 1. The molecule has 0 bridgehead atoms. The molecule has 0 radical (unpaired) electrons. The number of likely N-dealkylation sites (tertiary alicyclic amines) is 2. The van der Waals surface area contributed by atoms with Gasteiger partial charge in [0.25, 0.3) is 0 Å². The molecule has 2 fully saturated rings. The molecule has 0 saturated carbocycles. The Hall–Kier alpha value is -3.03. The summed E-state index contributed by atoms with van der Waals surface area (Å²) in [6.45, 7) is 8.85. The number of aromatic nitrogens is 1. The maximum Gasteiger partial charge on any atom is 0.219 e. The lowest BCUT2D eigenvalue weighted by Crippen LogP contribution is -2.22. The van der Waals surface area contributed by atoms with Crippen molar-refractivity contribution in [3.63, 3.8) is 0 Å². The van der Waals surface area contributed by atoms with E-state index in [0.717, 1.165) is 59.8 Å². The van der Waals surface area contributed by atoms with Crippen LogP contribution >= 0.6 is 0 Å². The van der Waals surface area contributed by atoms with Crippen LogP contribution < -0.4 is 19.5 Å². The SMILES string of the molecule is COc1cc2ccc(Oc3ccc(NCCCN4CCCC4)cc3)nc2cc1OCCCN1CCCC1. The van der Waals surface area contributed by atoms with Gasteiger partial charge in [0.05, 0.1) is 19.2 Å². The number of nitrogens with zero attached hydrogens (tertiary/aromatic N) is 3. The molecule has 0 atom stereocenters. The van der Waals surface area contributed by atoms with Crippen LogP contribution in [0.3, 0.4) is 0 Å². The lowest BCUT2D eigenvalue weighted by molar-refractivity contribution is 0.254. The van der Waals surface area contributed by atoms with E-state index in [2.05, 4.69) is 27.2 Å². The number of anilines is 1. The summed E-state index contributed by atoms with van der Waals surface area (Å²) in [5.74, 6) is 2.78. The number of methoxy groups -OCH3 is 1. The first-order valence-corrected chi connectivity index (χ1v) is 13.8. The lowest BCUT2D eigenvalue weighted by Gasteiger charge is -2.16. The van der Waals surface area contributed by atoms with Crippen LogP contribution in [0.25, 0.3) is 10.9 Å². The highest BCUT2D eigenvalue weighted by Crippen LogP contribution is 2.33. The molecule has 1 N–H and O–H groups in total. The summed E-state index contributed by atoms with van der Waals surface area (Å²) in [5.41, 5.74) is 1.93. The third kappa shape index (κ3) is 7.27. The van der Waals surface area contributed by atoms with E-state index in [1.165, 1.54) is 58.4 Å². The summed E-state index contributed by atoms with van der Waals surface area (Å²) in [7, 11) is 1.68. The Balaban J connectivity index is 1.15. The van der Waals surface area contributed by atoms with Gasteiger partial charge < -0.3 is 29.3 Å². The molecule has 3 aromatic rings. The normalized spacial score (nSPS) is 16.4. The van der Waals surface area contributed by atoms with Crippen LogP contribution in [0.4, 0.5) is 5.69 Å². The molecule has 0 aliphatic carbocycles. The van der Waals surface area contributed by atoms with E-state index in [9.17, 15) is 0 Å². The van der Waals surface area contributed by atoms with Crippen molar-refractivity contribution in [1.29, 1.82) is 0 Å². The first-order chi connectivity index (χ1) is 18.3. The highest BCUT2D eigenvalue weighted by Gasteiger charge is 2.13. The van der Waals surface area contributed by atoms with Crippen molar-refractivity contribution in [1.82, 2.24) is 14.8 Å². The molecule has 7 heteroatoms. The molecule has 2 saturated heterocycles. The first kappa shape index (κ1) is 25.6. The molecule has 7 nitrogen and oxygen atoms in total.